The van der Waals surface area contributed by atoms with Gasteiger partial charge in [-0.1, -0.05) is 42.9 Å². The maximum absolute atomic E-state index is 13.3. The van der Waals surface area contributed by atoms with E-state index in [9.17, 15) is 4.79 Å². The number of fused-ring (bicyclic) bond motifs is 1. The van der Waals surface area contributed by atoms with Crippen molar-refractivity contribution >= 4 is 68.4 Å². The van der Waals surface area contributed by atoms with Crippen LogP contribution >= 0.6 is 47.1 Å². The lowest BCUT2D eigenvalue weighted by atomic mass is 10.3. The van der Waals surface area contributed by atoms with Crippen molar-refractivity contribution in [2.24, 2.45) is 0 Å². The summed E-state index contributed by atoms with van der Waals surface area (Å²) in [5.41, 5.74) is 0.825. The molecule has 180 valence electrons. The fourth-order valence-corrected chi connectivity index (χ4v) is 5.32. The summed E-state index contributed by atoms with van der Waals surface area (Å²) in [5, 5.41) is 1.45. The lowest BCUT2D eigenvalue weighted by Gasteiger charge is -2.24. The molecule has 0 unspecified atom stereocenters. The molecule has 0 atom stereocenters. The summed E-state index contributed by atoms with van der Waals surface area (Å²) < 4.78 is 6.78. The minimum absolute atomic E-state index is 0. The van der Waals surface area contributed by atoms with E-state index in [1.165, 1.54) is 0 Å². The molecule has 3 rings (SSSR count). The van der Waals surface area contributed by atoms with E-state index in [4.69, 9.17) is 21.3 Å². The summed E-state index contributed by atoms with van der Waals surface area (Å²) in [6.07, 6.45) is 0.444. The molecule has 0 fully saturated rings. The summed E-state index contributed by atoms with van der Waals surface area (Å²) in [7, 11) is 0. The molecule has 0 radical (unpaired) electrons. The van der Waals surface area contributed by atoms with Crippen LogP contribution < -0.4 is 9.64 Å². The van der Waals surface area contributed by atoms with Crippen molar-refractivity contribution in [1.29, 1.82) is 0 Å². The Morgan fingerprint density at radius 1 is 1.09 bits per heavy atom. The summed E-state index contributed by atoms with van der Waals surface area (Å²) in [5.74, 6) is 1.56. The van der Waals surface area contributed by atoms with E-state index < -0.39 is 0 Å². The smallest absolute Gasteiger partial charge is 0.229 e. The molecule has 3 aromatic rings. The molecule has 0 aliphatic heterocycles. The normalized spacial score (nSPS) is 10.9. The molecule has 0 aliphatic rings. The van der Waals surface area contributed by atoms with E-state index >= 15 is 0 Å². The minimum atomic E-state index is 0. The van der Waals surface area contributed by atoms with E-state index in [0.717, 1.165) is 50.7 Å². The quantitative estimate of drug-likeness (QED) is 0.247. The molecule has 0 bridgehead atoms. The molecule has 9 heteroatoms. The van der Waals surface area contributed by atoms with Gasteiger partial charge in [0.05, 0.1) is 11.3 Å². The van der Waals surface area contributed by atoms with E-state index in [0.29, 0.717) is 25.3 Å². The summed E-state index contributed by atoms with van der Waals surface area (Å²) >= 11 is 9.18. The summed E-state index contributed by atoms with van der Waals surface area (Å²) in [6.45, 7) is 10.2. The molecule has 1 amide bonds. The van der Waals surface area contributed by atoms with Crippen molar-refractivity contribution in [3.8, 4) is 5.75 Å². The van der Waals surface area contributed by atoms with Gasteiger partial charge in [-0.15, -0.1) is 24.2 Å². The van der Waals surface area contributed by atoms with Gasteiger partial charge in [0.15, 0.2) is 5.13 Å². The highest BCUT2D eigenvalue weighted by Crippen LogP contribution is 2.34. The maximum atomic E-state index is 13.3. The number of rotatable bonds is 12. The number of ether oxygens (including phenoxy) is 1. The van der Waals surface area contributed by atoms with Crippen molar-refractivity contribution in [3.05, 3.63) is 47.5 Å². The monoisotopic (exact) mass is 527 g/mol. The first kappa shape index (κ1) is 27.7. The fraction of sp³-hybridized carbons (Fsp3) is 0.417. The zero-order chi connectivity index (χ0) is 22.9. The van der Waals surface area contributed by atoms with Crippen LogP contribution in [0.1, 0.15) is 27.2 Å². The van der Waals surface area contributed by atoms with E-state index in [-0.39, 0.29) is 18.3 Å². The Labute approximate surface area is 215 Å². The van der Waals surface area contributed by atoms with Crippen LogP contribution in [0.2, 0.25) is 5.02 Å². The average Bonchev–Trinajstić information content (AvgIpc) is 3.23. The number of amides is 1. The Hall–Kier alpha value is -1.51. The number of para-hydroxylation sites is 1. The number of halogens is 2. The van der Waals surface area contributed by atoms with Crippen molar-refractivity contribution in [3.63, 3.8) is 0 Å². The Bertz CT molecular complexity index is 1010. The second kappa shape index (κ2) is 14.0. The van der Waals surface area contributed by atoms with E-state index in [1.54, 1.807) is 23.1 Å². The van der Waals surface area contributed by atoms with Crippen LogP contribution in [-0.4, -0.2) is 54.3 Å². The topological polar surface area (TPSA) is 45.7 Å². The van der Waals surface area contributed by atoms with Gasteiger partial charge in [-0.25, -0.2) is 4.98 Å². The second-order valence-corrected chi connectivity index (χ2v) is 9.77. The molecule has 5 nitrogen and oxygen atoms in total. The van der Waals surface area contributed by atoms with Gasteiger partial charge in [0.1, 0.15) is 11.3 Å². The Morgan fingerprint density at radius 3 is 2.48 bits per heavy atom. The molecular formula is C24H31Cl2N3O2S2. The van der Waals surface area contributed by atoms with Crippen LogP contribution in [0, 0.1) is 0 Å². The molecule has 0 saturated heterocycles. The van der Waals surface area contributed by atoms with Crippen LogP contribution in [0.3, 0.4) is 0 Å². The van der Waals surface area contributed by atoms with Crippen LogP contribution in [0.25, 0.3) is 10.2 Å². The number of benzene rings is 2. The molecule has 33 heavy (non-hydrogen) atoms. The first-order valence-electron chi connectivity index (χ1n) is 11.0. The zero-order valence-corrected chi connectivity index (χ0v) is 22.5. The molecule has 0 saturated carbocycles. The summed E-state index contributed by atoms with van der Waals surface area (Å²) in [4.78, 5) is 23.4. The van der Waals surface area contributed by atoms with Gasteiger partial charge in [-0.05, 0) is 56.4 Å². The molecular weight excluding hydrogens is 497 g/mol. The number of aromatic nitrogens is 1. The molecule has 0 aliphatic carbocycles. The van der Waals surface area contributed by atoms with Crippen LogP contribution in [0.4, 0.5) is 5.13 Å². The third kappa shape index (κ3) is 7.76. The number of likely N-dealkylation sites (N-methyl/N-ethyl adjacent to an activating group) is 1. The number of carbonyl (C=O) groups is 1. The molecule has 0 N–H and O–H groups in total. The van der Waals surface area contributed by atoms with E-state index in [1.807, 2.05) is 54.3 Å². The number of nitrogens with zero attached hydrogens (tertiary/aromatic N) is 3. The first-order valence-corrected chi connectivity index (χ1v) is 13.2. The van der Waals surface area contributed by atoms with Crippen molar-refractivity contribution in [2.45, 2.75) is 32.1 Å². The van der Waals surface area contributed by atoms with Gasteiger partial charge >= 0.3 is 0 Å². The largest absolute Gasteiger partial charge is 0.492 e. The molecule has 1 aromatic heterocycles. The van der Waals surface area contributed by atoms with Gasteiger partial charge in [0.2, 0.25) is 5.91 Å². The molecule has 1 heterocycles. The highest BCUT2D eigenvalue weighted by Gasteiger charge is 2.21. The standard InChI is InChI=1S/C24H30ClN3O2S2.ClH/c1-4-27(5-2)15-16-28(22(29)14-17-31-19-12-10-18(25)11-13-19)24-26-23-20(30-6-3)8-7-9-21(23)32-24;/h7-13H,4-6,14-17H2,1-3H3;1H. The van der Waals surface area contributed by atoms with Gasteiger partial charge in [0.25, 0.3) is 0 Å². The highest BCUT2D eigenvalue weighted by atomic mass is 35.5. The Morgan fingerprint density at radius 2 is 1.82 bits per heavy atom. The molecule has 0 spiro atoms. The van der Waals surface area contributed by atoms with Crippen molar-refractivity contribution in [2.75, 3.05) is 43.4 Å². The highest BCUT2D eigenvalue weighted by molar-refractivity contribution is 7.99. The van der Waals surface area contributed by atoms with Crippen molar-refractivity contribution in [1.82, 2.24) is 9.88 Å². The Kier molecular flexibility index (Phi) is 11.8. The van der Waals surface area contributed by atoms with E-state index in [2.05, 4.69) is 18.7 Å². The summed E-state index contributed by atoms with van der Waals surface area (Å²) in [6, 6.07) is 13.7. The van der Waals surface area contributed by atoms with Crippen molar-refractivity contribution < 1.29 is 9.53 Å². The SMILES string of the molecule is CCOc1cccc2sc(N(CCN(CC)CC)C(=O)CCSc3ccc(Cl)cc3)nc12.Cl. The lowest BCUT2D eigenvalue weighted by Crippen LogP contribution is -2.39. The zero-order valence-electron chi connectivity index (χ0n) is 19.3. The number of thioether (sulfide) groups is 1. The van der Waals surface area contributed by atoms with Crippen LogP contribution in [-0.2, 0) is 4.79 Å². The number of thiazole rings is 1. The van der Waals surface area contributed by atoms with Crippen LogP contribution in [0.15, 0.2) is 47.4 Å². The number of hydrogen-bond acceptors (Lipinski definition) is 6. The number of anilines is 1. The third-order valence-electron chi connectivity index (χ3n) is 5.14. The lowest BCUT2D eigenvalue weighted by molar-refractivity contribution is -0.118. The predicted octanol–water partition coefficient (Wildman–Crippen LogP) is 6.63. The average molecular weight is 529 g/mol. The Balaban J connectivity index is 0.00000385. The van der Waals surface area contributed by atoms with Gasteiger partial charge in [-0.3, -0.25) is 9.69 Å². The maximum Gasteiger partial charge on any atom is 0.229 e. The molecule has 2 aromatic carbocycles. The van der Waals surface area contributed by atoms with Gasteiger partial charge in [-0.2, -0.15) is 0 Å². The third-order valence-corrected chi connectivity index (χ3v) is 7.44. The number of hydrogen-bond donors (Lipinski definition) is 0. The van der Waals surface area contributed by atoms with Crippen LogP contribution in [0.5, 0.6) is 5.75 Å². The number of carbonyl (C=O) groups excluding carboxylic acids is 1. The predicted molar refractivity (Wildman–Crippen MR) is 145 cm³/mol. The first-order chi connectivity index (χ1) is 15.5. The second-order valence-electron chi connectivity index (χ2n) is 7.16. The fourth-order valence-electron chi connectivity index (χ4n) is 3.33. The minimum Gasteiger partial charge on any atom is -0.492 e. The van der Waals surface area contributed by atoms with Gasteiger partial charge in [0, 0.05) is 35.2 Å². The van der Waals surface area contributed by atoms with Gasteiger partial charge < -0.3 is 9.64 Å².